The molecular weight excluding hydrogens is 483 g/mol. The fourth-order valence-electron chi connectivity index (χ4n) is 4.43. The Kier molecular flexibility index (Phi) is 6.69. The van der Waals surface area contributed by atoms with Gasteiger partial charge in [0.1, 0.15) is 11.5 Å². The Morgan fingerprint density at radius 1 is 1.06 bits per heavy atom. The number of ether oxygens (including phenoxy) is 1. The zero-order valence-electron chi connectivity index (χ0n) is 19.7. The zero-order valence-corrected chi connectivity index (χ0v) is 20.4. The number of hydrogen-bond acceptors (Lipinski definition) is 5. The molecule has 9 heteroatoms. The van der Waals surface area contributed by atoms with Gasteiger partial charge in [-0.2, -0.15) is 5.10 Å². The molecule has 7 nitrogen and oxygen atoms in total. The van der Waals surface area contributed by atoms with Gasteiger partial charge in [0.25, 0.3) is 5.91 Å². The van der Waals surface area contributed by atoms with Gasteiger partial charge in [-0.15, -0.1) is 0 Å². The highest BCUT2D eigenvalue weighted by molar-refractivity contribution is 6.30. The molecule has 1 saturated heterocycles. The van der Waals surface area contributed by atoms with E-state index in [2.05, 4.69) is 5.10 Å². The third-order valence-electron chi connectivity index (χ3n) is 6.25. The van der Waals surface area contributed by atoms with E-state index >= 15 is 0 Å². The molecule has 5 rings (SSSR count). The summed E-state index contributed by atoms with van der Waals surface area (Å²) >= 11 is 6.04. The highest BCUT2D eigenvalue weighted by Gasteiger charge is 2.31. The van der Waals surface area contributed by atoms with Gasteiger partial charge >= 0.3 is 5.97 Å². The first kappa shape index (κ1) is 23.9. The number of aromatic nitrogens is 3. The van der Waals surface area contributed by atoms with Gasteiger partial charge in [0, 0.05) is 35.3 Å². The van der Waals surface area contributed by atoms with Crippen molar-refractivity contribution < 1.29 is 18.7 Å². The number of piperidine rings is 1. The summed E-state index contributed by atoms with van der Waals surface area (Å²) in [5.74, 6) is -1.26. The van der Waals surface area contributed by atoms with E-state index in [-0.39, 0.29) is 30.2 Å². The topological polar surface area (TPSA) is 76.8 Å². The lowest BCUT2D eigenvalue weighted by molar-refractivity contribution is -0.149. The summed E-state index contributed by atoms with van der Waals surface area (Å²) in [6.45, 7) is 2.87. The predicted octanol–water partition coefficient (Wildman–Crippen LogP) is 5.27. The van der Waals surface area contributed by atoms with Crippen molar-refractivity contribution in [3.05, 3.63) is 77.2 Å². The summed E-state index contributed by atoms with van der Waals surface area (Å²) < 4.78 is 20.2. The number of carbonyl (C=O) groups excluding carboxylic acids is 2. The quantitative estimate of drug-likeness (QED) is 0.345. The van der Waals surface area contributed by atoms with E-state index in [0.29, 0.717) is 59.3 Å². The normalized spacial score (nSPS) is 15.8. The van der Waals surface area contributed by atoms with Crippen LogP contribution in [0, 0.1) is 11.7 Å². The van der Waals surface area contributed by atoms with Crippen LogP contribution in [0.1, 0.15) is 30.3 Å². The van der Waals surface area contributed by atoms with E-state index in [1.807, 2.05) is 12.1 Å². The van der Waals surface area contributed by atoms with Crippen molar-refractivity contribution in [2.24, 2.45) is 5.92 Å². The molecule has 184 valence electrons. The second-order valence-corrected chi connectivity index (χ2v) is 9.12. The lowest BCUT2D eigenvalue weighted by Gasteiger charge is -2.31. The number of carbonyl (C=O) groups is 2. The molecule has 4 aromatic rings. The summed E-state index contributed by atoms with van der Waals surface area (Å²) in [7, 11) is 0. The summed E-state index contributed by atoms with van der Waals surface area (Å²) in [6, 6.07) is 16.6. The second kappa shape index (κ2) is 10.1. The maximum atomic E-state index is 13.8. The van der Waals surface area contributed by atoms with E-state index in [1.54, 1.807) is 48.2 Å². The van der Waals surface area contributed by atoms with Crippen LogP contribution < -0.4 is 0 Å². The van der Waals surface area contributed by atoms with Gasteiger partial charge in [-0.3, -0.25) is 9.59 Å². The molecule has 0 saturated carbocycles. The molecule has 0 N–H and O–H groups in total. The maximum absolute atomic E-state index is 13.8. The molecule has 1 amide bonds. The molecule has 1 aliphatic heterocycles. The van der Waals surface area contributed by atoms with E-state index in [4.69, 9.17) is 21.3 Å². The van der Waals surface area contributed by atoms with Gasteiger partial charge in [0.15, 0.2) is 5.65 Å². The summed E-state index contributed by atoms with van der Waals surface area (Å²) in [6.07, 6.45) is 1.38. The molecule has 1 aliphatic rings. The Balaban J connectivity index is 1.58. The Labute approximate surface area is 212 Å². The number of hydrogen-bond donors (Lipinski definition) is 0. The number of rotatable bonds is 5. The SMILES string of the molecule is CCOC(=O)[C@@H]1CCCN(C(=O)c2cc(-c3ccc(F)cc3)nc3cc(-c4ccc(Cl)cc4)nn23)C1. The number of likely N-dealkylation sites (tertiary alicyclic amines) is 1. The number of esters is 1. The van der Waals surface area contributed by atoms with Crippen molar-refractivity contribution in [3.63, 3.8) is 0 Å². The minimum Gasteiger partial charge on any atom is -0.466 e. The van der Waals surface area contributed by atoms with Gasteiger partial charge in [-0.25, -0.2) is 13.9 Å². The van der Waals surface area contributed by atoms with Crippen LogP contribution in [-0.4, -0.2) is 51.1 Å². The molecule has 0 aliphatic carbocycles. The Bertz CT molecular complexity index is 1420. The van der Waals surface area contributed by atoms with Crippen molar-refractivity contribution in [3.8, 4) is 22.5 Å². The lowest BCUT2D eigenvalue weighted by Crippen LogP contribution is -2.43. The fraction of sp³-hybridized carbons (Fsp3) is 0.259. The maximum Gasteiger partial charge on any atom is 0.310 e. The van der Waals surface area contributed by atoms with E-state index < -0.39 is 0 Å². The third kappa shape index (κ3) is 4.81. The average Bonchev–Trinajstić information content (AvgIpc) is 3.33. The standard InChI is InChI=1S/C27H24ClFN4O3/c1-2-36-27(35)19-4-3-13-32(16-19)26(34)24-14-22(17-7-11-21(29)12-8-17)30-25-15-23(31-33(24)25)18-5-9-20(28)10-6-18/h5-12,14-15,19H,2-4,13,16H2,1H3/t19-/m1/s1. The second-order valence-electron chi connectivity index (χ2n) is 8.68. The van der Waals surface area contributed by atoms with Crippen LogP contribution >= 0.6 is 11.6 Å². The van der Waals surface area contributed by atoms with Gasteiger partial charge in [-0.05, 0) is 62.2 Å². The lowest BCUT2D eigenvalue weighted by atomic mass is 9.98. The first-order valence-corrected chi connectivity index (χ1v) is 12.2. The van der Waals surface area contributed by atoms with Crippen LogP contribution in [0.4, 0.5) is 4.39 Å². The molecule has 2 aromatic carbocycles. The summed E-state index contributed by atoms with van der Waals surface area (Å²) in [5, 5.41) is 5.28. The first-order valence-electron chi connectivity index (χ1n) is 11.8. The van der Waals surface area contributed by atoms with E-state index in [1.165, 1.54) is 16.6 Å². The molecule has 1 fully saturated rings. The van der Waals surface area contributed by atoms with Crippen molar-refractivity contribution in [2.75, 3.05) is 19.7 Å². The van der Waals surface area contributed by atoms with Crippen LogP contribution in [0.25, 0.3) is 28.2 Å². The number of fused-ring (bicyclic) bond motifs is 1. The van der Waals surface area contributed by atoms with Crippen molar-refractivity contribution in [1.82, 2.24) is 19.5 Å². The number of amides is 1. The number of nitrogens with zero attached hydrogens (tertiary/aromatic N) is 4. The predicted molar refractivity (Wildman–Crippen MR) is 134 cm³/mol. The average molecular weight is 507 g/mol. The number of halogens is 2. The van der Waals surface area contributed by atoms with Gasteiger partial charge in [0.2, 0.25) is 0 Å². The molecule has 36 heavy (non-hydrogen) atoms. The summed E-state index contributed by atoms with van der Waals surface area (Å²) in [5.41, 5.74) is 3.44. The molecule has 0 bridgehead atoms. The van der Waals surface area contributed by atoms with Crippen LogP contribution in [0.3, 0.4) is 0 Å². The Morgan fingerprint density at radius 2 is 1.75 bits per heavy atom. The monoisotopic (exact) mass is 506 g/mol. The Hall–Kier alpha value is -3.78. The van der Waals surface area contributed by atoms with Crippen LogP contribution in [0.5, 0.6) is 0 Å². The molecule has 1 atom stereocenters. The van der Waals surface area contributed by atoms with Crippen molar-refractivity contribution in [1.29, 1.82) is 0 Å². The molecular formula is C27H24ClFN4O3. The van der Waals surface area contributed by atoms with Crippen LogP contribution in [0.15, 0.2) is 60.7 Å². The third-order valence-corrected chi connectivity index (χ3v) is 6.51. The fourth-order valence-corrected chi connectivity index (χ4v) is 4.56. The largest absolute Gasteiger partial charge is 0.466 e. The van der Waals surface area contributed by atoms with E-state index in [0.717, 1.165) is 5.56 Å². The molecule has 0 radical (unpaired) electrons. The van der Waals surface area contributed by atoms with Crippen molar-refractivity contribution >= 4 is 29.1 Å². The van der Waals surface area contributed by atoms with Crippen LogP contribution in [0.2, 0.25) is 5.02 Å². The summed E-state index contributed by atoms with van der Waals surface area (Å²) in [4.78, 5) is 32.5. The highest BCUT2D eigenvalue weighted by Crippen LogP contribution is 2.27. The van der Waals surface area contributed by atoms with Gasteiger partial charge in [0.05, 0.1) is 23.9 Å². The zero-order chi connectivity index (χ0) is 25.2. The minimum absolute atomic E-state index is 0.259. The first-order chi connectivity index (χ1) is 17.4. The molecule has 3 heterocycles. The molecule has 2 aromatic heterocycles. The molecule has 0 spiro atoms. The van der Waals surface area contributed by atoms with E-state index in [9.17, 15) is 14.0 Å². The minimum atomic E-state index is -0.362. The Morgan fingerprint density at radius 3 is 2.47 bits per heavy atom. The molecule has 0 unspecified atom stereocenters. The number of benzene rings is 2. The van der Waals surface area contributed by atoms with Gasteiger partial charge in [-0.1, -0.05) is 23.7 Å². The van der Waals surface area contributed by atoms with Crippen molar-refractivity contribution in [2.45, 2.75) is 19.8 Å². The van der Waals surface area contributed by atoms with Gasteiger partial charge < -0.3 is 9.64 Å². The van der Waals surface area contributed by atoms with Crippen LogP contribution in [-0.2, 0) is 9.53 Å². The smallest absolute Gasteiger partial charge is 0.310 e. The highest BCUT2D eigenvalue weighted by atomic mass is 35.5.